The van der Waals surface area contributed by atoms with Crippen LogP contribution in [0.2, 0.25) is 0 Å². The van der Waals surface area contributed by atoms with Gasteiger partial charge in [-0.25, -0.2) is 13.4 Å². The fourth-order valence-corrected chi connectivity index (χ4v) is 2.93. The van der Waals surface area contributed by atoms with Crippen LogP contribution in [-0.2, 0) is 10.0 Å². The van der Waals surface area contributed by atoms with Crippen LogP contribution in [0, 0.1) is 0 Å². The Kier molecular flexibility index (Phi) is 5.75. The van der Waals surface area contributed by atoms with Gasteiger partial charge in [0.15, 0.2) is 0 Å². The van der Waals surface area contributed by atoms with Crippen molar-refractivity contribution in [2.24, 2.45) is 0 Å². The molecule has 0 aromatic carbocycles. The van der Waals surface area contributed by atoms with Gasteiger partial charge in [-0.2, -0.15) is 4.31 Å². The van der Waals surface area contributed by atoms with E-state index in [9.17, 15) is 8.42 Å². The fraction of sp³-hybridized carbons (Fsp3) is 0.615. The number of pyridine rings is 1. The summed E-state index contributed by atoms with van der Waals surface area (Å²) in [5, 5.41) is 3.12. The summed E-state index contributed by atoms with van der Waals surface area (Å²) in [6.45, 7) is 6.74. The molecule has 1 rings (SSSR count). The SMILES string of the molecule is CCCNc1ccc(S(=O)(=O)N(C)C(C)CC)cn1. The van der Waals surface area contributed by atoms with Crippen LogP contribution in [-0.4, -0.2) is 37.3 Å². The van der Waals surface area contributed by atoms with Crippen LogP contribution in [0.15, 0.2) is 23.2 Å². The number of hydrogen-bond acceptors (Lipinski definition) is 4. The summed E-state index contributed by atoms with van der Waals surface area (Å²) >= 11 is 0. The maximum atomic E-state index is 12.3. The predicted octanol–water partition coefficient (Wildman–Crippen LogP) is 2.32. The van der Waals surface area contributed by atoms with Gasteiger partial charge in [-0.05, 0) is 31.9 Å². The van der Waals surface area contributed by atoms with Gasteiger partial charge in [0, 0.05) is 25.8 Å². The van der Waals surface area contributed by atoms with E-state index in [-0.39, 0.29) is 10.9 Å². The summed E-state index contributed by atoms with van der Waals surface area (Å²) < 4.78 is 26.0. The second-order valence-electron chi connectivity index (χ2n) is 4.58. The highest BCUT2D eigenvalue weighted by Crippen LogP contribution is 2.18. The van der Waals surface area contributed by atoms with E-state index in [1.807, 2.05) is 13.8 Å². The third kappa shape index (κ3) is 3.91. The second-order valence-corrected chi connectivity index (χ2v) is 6.58. The Hall–Kier alpha value is -1.14. The van der Waals surface area contributed by atoms with Crippen molar-refractivity contribution in [2.45, 2.75) is 44.6 Å². The van der Waals surface area contributed by atoms with Crippen LogP contribution in [0.4, 0.5) is 5.82 Å². The third-order valence-corrected chi connectivity index (χ3v) is 5.14. The molecule has 19 heavy (non-hydrogen) atoms. The van der Waals surface area contributed by atoms with Crippen LogP contribution in [0.1, 0.15) is 33.6 Å². The lowest BCUT2D eigenvalue weighted by Gasteiger charge is -2.23. The lowest BCUT2D eigenvalue weighted by molar-refractivity contribution is 0.380. The zero-order chi connectivity index (χ0) is 14.5. The van der Waals surface area contributed by atoms with Gasteiger partial charge in [0.05, 0.1) is 0 Å². The highest BCUT2D eigenvalue weighted by molar-refractivity contribution is 7.89. The molecule has 0 saturated heterocycles. The molecule has 0 fully saturated rings. The molecule has 0 radical (unpaired) electrons. The first-order valence-electron chi connectivity index (χ1n) is 6.61. The van der Waals surface area contributed by atoms with Gasteiger partial charge in [0.25, 0.3) is 0 Å². The number of nitrogens with one attached hydrogen (secondary N) is 1. The van der Waals surface area contributed by atoms with Gasteiger partial charge in [-0.1, -0.05) is 13.8 Å². The van der Waals surface area contributed by atoms with Crippen molar-refractivity contribution >= 4 is 15.8 Å². The lowest BCUT2D eigenvalue weighted by Crippen LogP contribution is -2.34. The summed E-state index contributed by atoms with van der Waals surface area (Å²) in [7, 11) is -1.84. The van der Waals surface area contributed by atoms with Crippen molar-refractivity contribution in [3.8, 4) is 0 Å². The maximum Gasteiger partial charge on any atom is 0.244 e. The van der Waals surface area contributed by atoms with Gasteiger partial charge >= 0.3 is 0 Å². The molecular weight excluding hydrogens is 262 g/mol. The largest absolute Gasteiger partial charge is 0.370 e. The maximum absolute atomic E-state index is 12.3. The van der Waals surface area contributed by atoms with Crippen LogP contribution >= 0.6 is 0 Å². The Labute approximate surface area is 116 Å². The molecule has 1 aromatic rings. The van der Waals surface area contributed by atoms with Gasteiger partial charge < -0.3 is 5.32 Å². The highest BCUT2D eigenvalue weighted by atomic mass is 32.2. The first kappa shape index (κ1) is 15.9. The molecule has 0 saturated carbocycles. The zero-order valence-corrected chi connectivity index (χ0v) is 12.9. The number of nitrogens with zero attached hydrogens (tertiary/aromatic N) is 2. The average molecular weight is 285 g/mol. The Morgan fingerprint density at radius 2 is 2.05 bits per heavy atom. The zero-order valence-electron chi connectivity index (χ0n) is 12.0. The molecule has 0 aliphatic carbocycles. The van der Waals surface area contributed by atoms with E-state index in [2.05, 4.69) is 17.2 Å². The molecule has 1 N–H and O–H groups in total. The van der Waals surface area contributed by atoms with Crippen LogP contribution < -0.4 is 5.32 Å². The fourth-order valence-electron chi connectivity index (χ4n) is 1.55. The Morgan fingerprint density at radius 1 is 1.37 bits per heavy atom. The molecule has 0 aliphatic rings. The molecule has 1 heterocycles. The summed E-state index contributed by atoms with van der Waals surface area (Å²) in [5.74, 6) is 0.701. The van der Waals surface area contributed by atoms with E-state index >= 15 is 0 Å². The summed E-state index contributed by atoms with van der Waals surface area (Å²) in [6.07, 6.45) is 3.18. The molecular formula is C13H23N3O2S. The standard InChI is InChI=1S/C13H23N3O2S/c1-5-9-14-13-8-7-12(10-15-13)19(17,18)16(4)11(3)6-2/h7-8,10-11H,5-6,9H2,1-4H3,(H,14,15). The molecule has 1 unspecified atom stereocenters. The Balaban J connectivity index is 2.90. The van der Waals surface area contributed by atoms with Crippen LogP contribution in [0.3, 0.4) is 0 Å². The molecule has 1 aromatic heterocycles. The number of sulfonamides is 1. The van der Waals surface area contributed by atoms with E-state index in [0.717, 1.165) is 19.4 Å². The first-order valence-corrected chi connectivity index (χ1v) is 8.05. The van der Waals surface area contributed by atoms with Gasteiger partial charge in [0.1, 0.15) is 10.7 Å². The number of rotatable bonds is 7. The average Bonchev–Trinajstić information content (AvgIpc) is 2.43. The van der Waals surface area contributed by atoms with Crippen molar-refractivity contribution in [1.82, 2.24) is 9.29 Å². The minimum Gasteiger partial charge on any atom is -0.370 e. The molecule has 6 heteroatoms. The third-order valence-electron chi connectivity index (χ3n) is 3.18. The smallest absolute Gasteiger partial charge is 0.244 e. The highest BCUT2D eigenvalue weighted by Gasteiger charge is 2.24. The first-order chi connectivity index (χ1) is 8.93. The summed E-state index contributed by atoms with van der Waals surface area (Å²) in [6, 6.07) is 3.27. The van der Waals surface area contributed by atoms with E-state index in [0.29, 0.717) is 5.82 Å². The van der Waals surface area contributed by atoms with Crippen molar-refractivity contribution in [1.29, 1.82) is 0 Å². The molecule has 0 aliphatic heterocycles. The topological polar surface area (TPSA) is 62.3 Å². The van der Waals surface area contributed by atoms with Gasteiger partial charge in [-0.3, -0.25) is 0 Å². The van der Waals surface area contributed by atoms with Gasteiger partial charge in [-0.15, -0.1) is 0 Å². The van der Waals surface area contributed by atoms with Crippen LogP contribution in [0.5, 0.6) is 0 Å². The van der Waals surface area contributed by atoms with E-state index in [1.165, 1.54) is 10.5 Å². The molecule has 0 spiro atoms. The minimum atomic E-state index is -3.44. The Bertz CT molecular complexity index is 485. The second kappa shape index (κ2) is 6.86. The summed E-state index contributed by atoms with van der Waals surface area (Å²) in [5.41, 5.74) is 0. The number of aromatic nitrogens is 1. The van der Waals surface area contributed by atoms with E-state index < -0.39 is 10.0 Å². The van der Waals surface area contributed by atoms with Gasteiger partial charge in [0.2, 0.25) is 10.0 Å². The normalized spacial score (nSPS) is 13.5. The minimum absolute atomic E-state index is 0.0251. The van der Waals surface area contributed by atoms with Crippen LogP contribution in [0.25, 0.3) is 0 Å². The van der Waals surface area contributed by atoms with E-state index in [1.54, 1.807) is 19.2 Å². The molecule has 1 atom stereocenters. The predicted molar refractivity (Wildman–Crippen MR) is 77.7 cm³/mol. The molecule has 5 nitrogen and oxygen atoms in total. The molecule has 108 valence electrons. The van der Waals surface area contributed by atoms with Crippen molar-refractivity contribution in [3.05, 3.63) is 18.3 Å². The van der Waals surface area contributed by atoms with Crippen molar-refractivity contribution < 1.29 is 8.42 Å². The van der Waals surface area contributed by atoms with Crippen molar-refractivity contribution in [2.75, 3.05) is 18.9 Å². The number of anilines is 1. The lowest BCUT2D eigenvalue weighted by atomic mass is 10.3. The quantitative estimate of drug-likeness (QED) is 0.835. The number of hydrogen-bond donors (Lipinski definition) is 1. The molecule has 0 amide bonds. The van der Waals surface area contributed by atoms with E-state index in [4.69, 9.17) is 0 Å². The summed E-state index contributed by atoms with van der Waals surface area (Å²) in [4.78, 5) is 4.37. The Morgan fingerprint density at radius 3 is 2.53 bits per heavy atom. The molecule has 0 bridgehead atoms. The monoisotopic (exact) mass is 285 g/mol. The van der Waals surface area contributed by atoms with Crippen molar-refractivity contribution in [3.63, 3.8) is 0 Å².